The fourth-order valence-electron chi connectivity index (χ4n) is 2.82. The molecule has 0 radical (unpaired) electrons. The van der Waals surface area contributed by atoms with Crippen LogP contribution < -0.4 is 0 Å². The van der Waals surface area contributed by atoms with Crippen LogP contribution in [0.5, 0.6) is 0 Å². The van der Waals surface area contributed by atoms with Gasteiger partial charge >= 0.3 is 41.5 Å². The summed E-state index contributed by atoms with van der Waals surface area (Å²) in [7, 11) is -4.76. The topological polar surface area (TPSA) is 107 Å². The van der Waals surface area contributed by atoms with Gasteiger partial charge in [-0.15, -0.1) is 24.0 Å². The predicted molar refractivity (Wildman–Crippen MR) is 141 cm³/mol. The molecular weight excluding hydrogens is 561 g/mol. The molecule has 11 heteroatoms. The second-order valence-corrected chi connectivity index (χ2v) is 8.95. The van der Waals surface area contributed by atoms with Gasteiger partial charge < -0.3 is 9.47 Å². The molecule has 0 aromatic heterocycles. The molecular formula is C20H43AlINaO7S. The molecule has 7 nitrogen and oxygen atoms in total. The van der Waals surface area contributed by atoms with E-state index in [2.05, 4.69) is 13.8 Å². The molecule has 0 spiro atoms. The predicted octanol–water partition coefficient (Wildman–Crippen LogP) is 2.94. The van der Waals surface area contributed by atoms with Crippen molar-refractivity contribution in [1.82, 2.24) is 0 Å². The van der Waals surface area contributed by atoms with Crippen molar-refractivity contribution < 1.29 is 32.0 Å². The third-order valence-corrected chi connectivity index (χ3v) is 6.08. The molecule has 3 atom stereocenters. The summed E-state index contributed by atoms with van der Waals surface area (Å²) >= 11 is 0. The second-order valence-electron chi connectivity index (χ2n) is 7.35. The molecule has 0 fully saturated rings. The van der Waals surface area contributed by atoms with E-state index in [1.54, 1.807) is 0 Å². The normalized spacial score (nSPS) is 13.5. The van der Waals surface area contributed by atoms with Crippen molar-refractivity contribution in [2.75, 3.05) is 13.2 Å². The Balaban J connectivity index is -0.00000121. The van der Waals surface area contributed by atoms with Gasteiger partial charge in [0, 0.05) is 0 Å². The Morgan fingerprint density at radius 2 is 1.29 bits per heavy atom. The third-order valence-electron chi connectivity index (χ3n) is 5.00. The Morgan fingerprint density at radius 1 is 0.871 bits per heavy atom. The molecule has 0 aliphatic rings. The van der Waals surface area contributed by atoms with E-state index in [4.69, 9.17) is 9.47 Å². The van der Waals surface area contributed by atoms with Crippen LogP contribution in [0.1, 0.15) is 85.5 Å². The Morgan fingerprint density at radius 3 is 1.65 bits per heavy atom. The van der Waals surface area contributed by atoms with E-state index >= 15 is 0 Å². The van der Waals surface area contributed by atoms with E-state index in [9.17, 15) is 22.6 Å². The molecule has 0 aliphatic heterocycles. The molecule has 0 amide bonds. The third kappa shape index (κ3) is 19.1. The van der Waals surface area contributed by atoms with E-state index in [1.807, 2.05) is 13.8 Å². The van der Waals surface area contributed by atoms with E-state index in [0.29, 0.717) is 0 Å². The molecule has 0 aromatic carbocycles. The van der Waals surface area contributed by atoms with Crippen LogP contribution in [-0.2, 0) is 29.2 Å². The second kappa shape index (κ2) is 22.9. The van der Waals surface area contributed by atoms with Crippen LogP contribution in [0.3, 0.4) is 0 Å². The molecule has 1 N–H and O–H groups in total. The first-order chi connectivity index (χ1) is 13.2. The number of hydrogen-bond donors (Lipinski definition) is 1. The van der Waals surface area contributed by atoms with Crippen LogP contribution >= 0.6 is 24.0 Å². The van der Waals surface area contributed by atoms with Crippen LogP contribution in [0.25, 0.3) is 0 Å². The van der Waals surface area contributed by atoms with Gasteiger partial charge in [-0.3, -0.25) is 14.1 Å². The minimum atomic E-state index is -4.76. The van der Waals surface area contributed by atoms with Crippen LogP contribution in [0.2, 0.25) is 0 Å². The number of carbonyl (C=O) groups is 2. The van der Waals surface area contributed by atoms with Crippen molar-refractivity contribution in [3.63, 3.8) is 0 Å². The molecule has 0 rings (SSSR count). The van der Waals surface area contributed by atoms with Crippen molar-refractivity contribution in [3.05, 3.63) is 0 Å². The summed E-state index contributed by atoms with van der Waals surface area (Å²) in [6.07, 6.45) is 6.74. The number of halogens is 1. The number of carbonyl (C=O) groups excluding carboxylic acids is 2. The average Bonchev–Trinajstić information content (AvgIpc) is 2.65. The van der Waals surface area contributed by atoms with Gasteiger partial charge in [-0.25, -0.2) is 0 Å². The van der Waals surface area contributed by atoms with Crippen molar-refractivity contribution in [3.8, 4) is 0 Å². The number of unbranched alkanes of at least 4 members (excludes halogenated alkanes) is 2. The first kappa shape index (κ1) is 39.3. The van der Waals surface area contributed by atoms with E-state index < -0.39 is 33.7 Å². The first-order valence-electron chi connectivity index (χ1n) is 10.5. The van der Waals surface area contributed by atoms with Crippen molar-refractivity contribution in [2.45, 2.75) is 90.7 Å². The van der Waals surface area contributed by atoms with Gasteiger partial charge in [0.25, 0.3) is 10.1 Å². The molecule has 0 saturated carbocycles. The minimum absolute atomic E-state index is 0. The standard InChI is InChI=1S/C20H38O7S.Al.HI.Na.4H/c1-5-9-11-16(7-3)14-26-19(21)13-18(28(23,24)25)20(22)27-15-17(8-4)12-10-6-2;;;;;;;/h16-18H,5-15H2,1-4H3,(H,23,24,25);;1H;;;;;. The zero-order valence-electron chi connectivity index (χ0n) is 18.2. The Labute approximate surface area is 238 Å². The summed E-state index contributed by atoms with van der Waals surface area (Å²) in [6.45, 7) is 8.35. The molecule has 0 aliphatic carbocycles. The number of ether oxygens (including phenoxy) is 2. The molecule has 3 unspecified atom stereocenters. The van der Waals surface area contributed by atoms with E-state index in [-0.39, 0.29) is 95.9 Å². The van der Waals surface area contributed by atoms with Crippen LogP contribution in [0.15, 0.2) is 0 Å². The summed E-state index contributed by atoms with van der Waals surface area (Å²) in [6, 6.07) is 0. The first-order valence-corrected chi connectivity index (χ1v) is 12.0. The van der Waals surface area contributed by atoms with Crippen molar-refractivity contribution in [1.29, 1.82) is 0 Å². The summed E-state index contributed by atoms with van der Waals surface area (Å²) in [5.74, 6) is -1.61. The summed E-state index contributed by atoms with van der Waals surface area (Å²) in [4.78, 5) is 24.2. The summed E-state index contributed by atoms with van der Waals surface area (Å²) < 4.78 is 42.8. The maximum absolute atomic E-state index is 12.2. The fourth-order valence-corrected chi connectivity index (χ4v) is 3.48. The van der Waals surface area contributed by atoms with Gasteiger partial charge in [-0.05, 0) is 24.7 Å². The number of esters is 2. The van der Waals surface area contributed by atoms with E-state index in [1.165, 1.54) is 0 Å². The molecule has 0 heterocycles. The molecule has 0 saturated heterocycles. The molecule has 31 heavy (non-hydrogen) atoms. The van der Waals surface area contributed by atoms with Gasteiger partial charge in [0.1, 0.15) is 0 Å². The SMILES string of the molecule is CCCCC(CC)COC(=O)CC(C(=O)OCC(CC)CCCC)S(=O)(=O)O.I.[AlH3].[NaH]. The monoisotopic (exact) mass is 604 g/mol. The summed E-state index contributed by atoms with van der Waals surface area (Å²) in [5.41, 5.74) is 0. The Bertz CT molecular complexity index is 564. The zero-order valence-corrected chi connectivity index (χ0v) is 21.4. The quantitative estimate of drug-likeness (QED) is 0.125. The number of hydrogen-bond acceptors (Lipinski definition) is 6. The van der Waals surface area contributed by atoms with Crippen LogP contribution in [0, 0.1) is 11.8 Å². The number of rotatable bonds is 16. The Kier molecular flexibility index (Phi) is 29.0. The van der Waals surface area contributed by atoms with Crippen molar-refractivity contribution in [2.24, 2.45) is 11.8 Å². The molecule has 0 bridgehead atoms. The Hall–Kier alpha value is 1.11. The molecule has 182 valence electrons. The van der Waals surface area contributed by atoms with Gasteiger partial charge in [0.2, 0.25) is 0 Å². The van der Waals surface area contributed by atoms with Gasteiger partial charge in [0.15, 0.2) is 22.6 Å². The summed E-state index contributed by atoms with van der Waals surface area (Å²) in [5, 5.41) is -1.95. The molecule has 0 aromatic rings. The van der Waals surface area contributed by atoms with Crippen LogP contribution in [-0.4, -0.2) is 90.3 Å². The van der Waals surface area contributed by atoms with Gasteiger partial charge in [0.05, 0.1) is 19.6 Å². The maximum atomic E-state index is 12.2. The fraction of sp³-hybridized carbons (Fsp3) is 0.900. The average molecular weight is 605 g/mol. The van der Waals surface area contributed by atoms with Crippen molar-refractivity contribution >= 4 is 93.0 Å². The van der Waals surface area contributed by atoms with Gasteiger partial charge in [-0.1, -0.05) is 66.2 Å². The zero-order chi connectivity index (χ0) is 21.6. The van der Waals surface area contributed by atoms with E-state index in [0.717, 1.165) is 51.4 Å². The van der Waals surface area contributed by atoms with Gasteiger partial charge in [-0.2, -0.15) is 8.42 Å². The van der Waals surface area contributed by atoms with Crippen LogP contribution in [0.4, 0.5) is 0 Å².